The molecule has 8 heteroatoms. The zero-order chi connectivity index (χ0) is 15.2. The summed E-state index contributed by atoms with van der Waals surface area (Å²) in [7, 11) is 1.67. The lowest BCUT2D eigenvalue weighted by Gasteiger charge is -2.18. The molecule has 1 N–H and O–H groups in total. The lowest BCUT2D eigenvalue weighted by Crippen LogP contribution is -2.23. The van der Waals surface area contributed by atoms with Crippen molar-refractivity contribution in [2.45, 2.75) is 19.8 Å². The first-order valence-corrected chi connectivity index (χ1v) is 7.14. The summed E-state index contributed by atoms with van der Waals surface area (Å²) in [6.07, 6.45) is 3.20. The van der Waals surface area contributed by atoms with E-state index in [1.54, 1.807) is 7.11 Å². The maximum Gasteiger partial charge on any atom is 0.353 e. The summed E-state index contributed by atoms with van der Waals surface area (Å²) in [4.78, 5) is 21.1. The Balaban J connectivity index is 2.24. The van der Waals surface area contributed by atoms with Crippen molar-refractivity contribution < 1.29 is 9.66 Å². The molecule has 0 bridgehead atoms. The van der Waals surface area contributed by atoms with Gasteiger partial charge in [0.15, 0.2) is 0 Å². The molecule has 0 aliphatic carbocycles. The molecule has 1 saturated heterocycles. The van der Waals surface area contributed by atoms with Crippen LogP contribution in [0.25, 0.3) is 0 Å². The molecule has 1 aliphatic rings. The van der Waals surface area contributed by atoms with Crippen LogP contribution in [0, 0.1) is 16.0 Å². The van der Waals surface area contributed by atoms with E-state index in [4.69, 9.17) is 4.74 Å². The third-order valence-corrected chi connectivity index (χ3v) is 3.52. The molecule has 0 radical (unpaired) electrons. The molecule has 2 rings (SSSR count). The Morgan fingerprint density at radius 2 is 2.38 bits per heavy atom. The Kier molecular flexibility index (Phi) is 5.26. The molecule has 1 atom stereocenters. The molecule has 1 aromatic rings. The molecule has 1 aromatic heterocycles. The van der Waals surface area contributed by atoms with E-state index in [9.17, 15) is 10.1 Å². The van der Waals surface area contributed by atoms with Gasteiger partial charge in [-0.3, -0.25) is 10.1 Å². The van der Waals surface area contributed by atoms with E-state index >= 15 is 0 Å². The van der Waals surface area contributed by atoms with Crippen molar-refractivity contribution >= 4 is 17.3 Å². The second-order valence-corrected chi connectivity index (χ2v) is 5.13. The average molecular weight is 295 g/mol. The normalized spacial score (nSPS) is 18.0. The van der Waals surface area contributed by atoms with Gasteiger partial charge in [-0.25, -0.2) is 9.97 Å². The number of nitro groups is 1. The van der Waals surface area contributed by atoms with Gasteiger partial charge in [0.05, 0.1) is 11.5 Å². The molecule has 1 unspecified atom stereocenters. The number of anilines is 2. The maximum atomic E-state index is 11.4. The molecule has 1 aliphatic heterocycles. The Morgan fingerprint density at radius 3 is 3.05 bits per heavy atom. The van der Waals surface area contributed by atoms with Crippen molar-refractivity contribution in [1.29, 1.82) is 0 Å². The third kappa shape index (κ3) is 3.57. The number of aromatic nitrogens is 2. The van der Waals surface area contributed by atoms with Gasteiger partial charge in [-0.05, 0) is 12.8 Å². The van der Waals surface area contributed by atoms with Crippen LogP contribution in [-0.2, 0) is 4.74 Å². The van der Waals surface area contributed by atoms with Crippen molar-refractivity contribution in [2.24, 2.45) is 5.92 Å². The van der Waals surface area contributed by atoms with Gasteiger partial charge < -0.3 is 15.0 Å². The van der Waals surface area contributed by atoms with Gasteiger partial charge >= 0.3 is 5.69 Å². The predicted octanol–water partition coefficient (Wildman–Crippen LogP) is 1.68. The molecule has 8 nitrogen and oxygen atoms in total. The second kappa shape index (κ2) is 7.16. The zero-order valence-electron chi connectivity index (χ0n) is 12.4. The van der Waals surface area contributed by atoms with Crippen LogP contribution in [0.2, 0.25) is 0 Å². The third-order valence-electron chi connectivity index (χ3n) is 3.52. The van der Waals surface area contributed by atoms with Gasteiger partial charge in [0.1, 0.15) is 6.33 Å². The van der Waals surface area contributed by atoms with Crippen molar-refractivity contribution in [3.63, 3.8) is 0 Å². The van der Waals surface area contributed by atoms with Crippen LogP contribution in [-0.4, -0.2) is 48.2 Å². The van der Waals surface area contributed by atoms with Crippen LogP contribution in [0.5, 0.6) is 0 Å². The smallest absolute Gasteiger partial charge is 0.353 e. The summed E-state index contributed by atoms with van der Waals surface area (Å²) in [5.41, 5.74) is -0.0379. The topological polar surface area (TPSA) is 93.4 Å². The van der Waals surface area contributed by atoms with Crippen LogP contribution >= 0.6 is 0 Å². The monoisotopic (exact) mass is 295 g/mol. The van der Waals surface area contributed by atoms with Crippen LogP contribution in [0.1, 0.15) is 19.8 Å². The molecule has 2 heterocycles. The van der Waals surface area contributed by atoms with Gasteiger partial charge in [0.2, 0.25) is 11.6 Å². The quantitative estimate of drug-likeness (QED) is 0.604. The van der Waals surface area contributed by atoms with Gasteiger partial charge in [-0.2, -0.15) is 0 Å². The van der Waals surface area contributed by atoms with Crippen LogP contribution in [0.15, 0.2) is 6.33 Å². The largest absolute Gasteiger partial charge is 0.384 e. The van der Waals surface area contributed by atoms with E-state index in [-0.39, 0.29) is 5.69 Å². The standard InChI is InChI=1S/C13H21N5O3/c1-3-5-14-12-11(18(19)20)13(16-9-15-12)17-6-4-10(7-17)8-21-2/h9-10H,3-8H2,1-2H3,(H,14,15,16). The van der Waals surface area contributed by atoms with Crippen molar-refractivity contribution in [1.82, 2.24) is 9.97 Å². The molecule has 1 fully saturated rings. The number of hydrogen-bond acceptors (Lipinski definition) is 7. The summed E-state index contributed by atoms with van der Waals surface area (Å²) in [5.74, 6) is 1.07. The van der Waals surface area contributed by atoms with Gasteiger partial charge in [-0.15, -0.1) is 0 Å². The van der Waals surface area contributed by atoms with E-state index in [1.807, 2.05) is 11.8 Å². The SMILES string of the molecule is CCCNc1ncnc(N2CCC(COC)C2)c1[N+](=O)[O-]. The van der Waals surface area contributed by atoms with E-state index in [0.717, 1.165) is 25.9 Å². The number of hydrogen-bond donors (Lipinski definition) is 1. The van der Waals surface area contributed by atoms with E-state index in [1.165, 1.54) is 6.33 Å². The molecule has 0 amide bonds. The Hall–Kier alpha value is -1.96. The first kappa shape index (κ1) is 15.4. The fraction of sp³-hybridized carbons (Fsp3) is 0.692. The van der Waals surface area contributed by atoms with Crippen molar-refractivity contribution in [3.8, 4) is 0 Å². The second-order valence-electron chi connectivity index (χ2n) is 5.13. The van der Waals surface area contributed by atoms with Crippen LogP contribution in [0.4, 0.5) is 17.3 Å². The van der Waals surface area contributed by atoms with E-state index < -0.39 is 4.92 Å². The summed E-state index contributed by atoms with van der Waals surface area (Å²) in [5, 5.41) is 14.4. The van der Waals surface area contributed by atoms with Crippen LogP contribution < -0.4 is 10.2 Å². The Bertz CT molecular complexity index is 497. The van der Waals surface area contributed by atoms with Crippen LogP contribution in [0.3, 0.4) is 0 Å². The minimum absolute atomic E-state index is 0.0379. The van der Waals surface area contributed by atoms with Crippen molar-refractivity contribution in [3.05, 3.63) is 16.4 Å². The molecule has 21 heavy (non-hydrogen) atoms. The summed E-state index contributed by atoms with van der Waals surface area (Å²) in [6.45, 7) is 4.77. The minimum Gasteiger partial charge on any atom is -0.384 e. The lowest BCUT2D eigenvalue weighted by atomic mass is 10.1. The number of nitrogens with one attached hydrogen (secondary N) is 1. The molecule has 0 aromatic carbocycles. The highest BCUT2D eigenvalue weighted by Crippen LogP contribution is 2.34. The lowest BCUT2D eigenvalue weighted by molar-refractivity contribution is -0.383. The predicted molar refractivity (Wildman–Crippen MR) is 79.7 cm³/mol. The van der Waals surface area contributed by atoms with Crippen molar-refractivity contribution in [2.75, 3.05) is 43.6 Å². The zero-order valence-corrected chi connectivity index (χ0v) is 12.4. The Labute approximate surface area is 123 Å². The Morgan fingerprint density at radius 1 is 1.57 bits per heavy atom. The highest BCUT2D eigenvalue weighted by atomic mass is 16.6. The van der Waals surface area contributed by atoms with E-state index in [0.29, 0.717) is 30.7 Å². The molecule has 116 valence electrons. The molecular weight excluding hydrogens is 274 g/mol. The highest BCUT2D eigenvalue weighted by Gasteiger charge is 2.31. The summed E-state index contributed by atoms with van der Waals surface area (Å²) < 4.78 is 5.16. The fourth-order valence-corrected chi connectivity index (χ4v) is 2.54. The van der Waals surface area contributed by atoms with E-state index in [2.05, 4.69) is 15.3 Å². The van der Waals surface area contributed by atoms with Gasteiger partial charge in [0, 0.05) is 32.7 Å². The number of rotatable bonds is 7. The first-order chi connectivity index (χ1) is 10.2. The minimum atomic E-state index is -0.406. The summed E-state index contributed by atoms with van der Waals surface area (Å²) >= 11 is 0. The highest BCUT2D eigenvalue weighted by molar-refractivity contribution is 5.70. The van der Waals surface area contributed by atoms with Gasteiger partial charge in [0.25, 0.3) is 0 Å². The average Bonchev–Trinajstić information content (AvgIpc) is 2.93. The number of nitrogens with zero attached hydrogens (tertiary/aromatic N) is 4. The number of ether oxygens (including phenoxy) is 1. The van der Waals surface area contributed by atoms with Gasteiger partial charge in [-0.1, -0.05) is 6.92 Å². The molecule has 0 spiro atoms. The fourth-order valence-electron chi connectivity index (χ4n) is 2.54. The molecular formula is C13H21N5O3. The number of methoxy groups -OCH3 is 1. The summed E-state index contributed by atoms with van der Waals surface area (Å²) in [6, 6.07) is 0. The molecule has 0 saturated carbocycles. The first-order valence-electron chi connectivity index (χ1n) is 7.14. The maximum absolute atomic E-state index is 11.4.